The summed E-state index contributed by atoms with van der Waals surface area (Å²) < 4.78 is 15.0. The van der Waals surface area contributed by atoms with Crippen molar-refractivity contribution in [3.8, 4) is 11.4 Å². The first-order chi connectivity index (χ1) is 17.8. The second kappa shape index (κ2) is 11.5. The molecule has 0 spiro atoms. The van der Waals surface area contributed by atoms with Crippen molar-refractivity contribution >= 4 is 17.5 Å². The van der Waals surface area contributed by atoms with Crippen LogP contribution < -0.4 is 21.5 Å². The second-order valence-electron chi connectivity index (χ2n) is 9.30. The molecule has 0 radical (unpaired) electrons. The SMILES string of the molecule is CCC(NC)C(=O)Nc1cnc(-c2ccc(F)cc2C)n(CC(=O)N[C@@H]2CCCc3ccccc32)c1=O. The van der Waals surface area contributed by atoms with Gasteiger partial charge in [0.2, 0.25) is 11.8 Å². The third kappa shape index (κ3) is 5.77. The first-order valence-electron chi connectivity index (χ1n) is 12.5. The third-order valence-electron chi connectivity index (χ3n) is 6.81. The Labute approximate surface area is 215 Å². The van der Waals surface area contributed by atoms with Crippen LogP contribution in [0.2, 0.25) is 0 Å². The first-order valence-corrected chi connectivity index (χ1v) is 12.5. The Morgan fingerprint density at radius 3 is 2.73 bits per heavy atom. The Kier molecular flexibility index (Phi) is 8.13. The Morgan fingerprint density at radius 1 is 1.22 bits per heavy atom. The number of anilines is 1. The molecule has 1 aliphatic carbocycles. The summed E-state index contributed by atoms with van der Waals surface area (Å²) in [5.74, 6) is -0.910. The lowest BCUT2D eigenvalue weighted by Gasteiger charge is -2.26. The van der Waals surface area contributed by atoms with E-state index in [0.29, 0.717) is 17.5 Å². The smallest absolute Gasteiger partial charge is 0.278 e. The molecule has 1 heterocycles. The number of nitrogens with one attached hydrogen (secondary N) is 3. The zero-order valence-electron chi connectivity index (χ0n) is 21.3. The molecule has 9 heteroatoms. The van der Waals surface area contributed by atoms with Gasteiger partial charge in [-0.05, 0) is 74.5 Å². The zero-order chi connectivity index (χ0) is 26.5. The standard InChI is InChI=1S/C28H32FN5O3/c1-4-22(30-3)27(36)33-24-15-31-26(20-13-12-19(29)14-17(20)2)34(28(24)37)16-25(35)32-23-11-7-9-18-8-5-6-10-21(18)23/h5-6,8,10,12-15,22-23,30H,4,7,9,11,16H2,1-3H3,(H,32,35)(H,33,36)/t22?,23-/m1/s1. The van der Waals surface area contributed by atoms with Gasteiger partial charge in [0, 0.05) is 5.56 Å². The lowest BCUT2D eigenvalue weighted by atomic mass is 9.88. The Bertz CT molecular complexity index is 1370. The van der Waals surface area contributed by atoms with E-state index in [2.05, 4.69) is 27.0 Å². The zero-order valence-corrected chi connectivity index (χ0v) is 21.3. The summed E-state index contributed by atoms with van der Waals surface area (Å²) in [6, 6.07) is 11.6. The number of rotatable bonds is 8. The van der Waals surface area contributed by atoms with Crippen LogP contribution in [0.1, 0.15) is 48.9 Å². The maximum absolute atomic E-state index is 13.8. The van der Waals surface area contributed by atoms with Gasteiger partial charge < -0.3 is 16.0 Å². The number of amides is 2. The van der Waals surface area contributed by atoms with E-state index < -0.39 is 17.4 Å². The van der Waals surface area contributed by atoms with Crippen LogP contribution in [-0.4, -0.2) is 34.5 Å². The van der Waals surface area contributed by atoms with Gasteiger partial charge in [0.25, 0.3) is 5.56 Å². The van der Waals surface area contributed by atoms with E-state index in [-0.39, 0.29) is 35.9 Å². The van der Waals surface area contributed by atoms with Crippen molar-refractivity contribution in [2.24, 2.45) is 0 Å². The molecule has 1 aromatic heterocycles. The molecule has 2 aromatic carbocycles. The van der Waals surface area contributed by atoms with Crippen LogP contribution in [0.15, 0.2) is 53.5 Å². The number of aromatic nitrogens is 2. The van der Waals surface area contributed by atoms with E-state index in [4.69, 9.17) is 0 Å². The predicted octanol–water partition coefficient (Wildman–Crippen LogP) is 3.49. The van der Waals surface area contributed by atoms with Crippen LogP contribution >= 0.6 is 0 Å². The third-order valence-corrected chi connectivity index (χ3v) is 6.81. The van der Waals surface area contributed by atoms with E-state index in [1.54, 1.807) is 14.0 Å². The molecule has 0 saturated carbocycles. The van der Waals surface area contributed by atoms with Crippen LogP contribution in [0.3, 0.4) is 0 Å². The maximum Gasteiger partial charge on any atom is 0.278 e. The largest absolute Gasteiger partial charge is 0.348 e. The summed E-state index contributed by atoms with van der Waals surface area (Å²) in [6.07, 6.45) is 4.54. The molecule has 0 bridgehead atoms. The second-order valence-corrected chi connectivity index (χ2v) is 9.30. The van der Waals surface area contributed by atoms with Gasteiger partial charge in [0.05, 0.1) is 18.3 Å². The summed E-state index contributed by atoms with van der Waals surface area (Å²) >= 11 is 0. The van der Waals surface area contributed by atoms with E-state index in [0.717, 1.165) is 24.8 Å². The Morgan fingerprint density at radius 2 is 2.00 bits per heavy atom. The highest BCUT2D eigenvalue weighted by Crippen LogP contribution is 2.29. The fourth-order valence-electron chi connectivity index (χ4n) is 4.85. The van der Waals surface area contributed by atoms with E-state index in [1.165, 1.54) is 34.5 Å². The molecule has 3 aromatic rings. The van der Waals surface area contributed by atoms with E-state index in [1.807, 2.05) is 25.1 Å². The lowest BCUT2D eigenvalue weighted by Crippen LogP contribution is -2.41. The van der Waals surface area contributed by atoms with E-state index >= 15 is 0 Å². The molecule has 2 atom stereocenters. The van der Waals surface area contributed by atoms with Crippen molar-refractivity contribution in [1.29, 1.82) is 0 Å². The first kappa shape index (κ1) is 26.2. The van der Waals surface area contributed by atoms with Crippen LogP contribution in [0.25, 0.3) is 11.4 Å². The fourth-order valence-corrected chi connectivity index (χ4v) is 4.85. The number of halogens is 1. The van der Waals surface area contributed by atoms with Crippen LogP contribution in [0, 0.1) is 12.7 Å². The van der Waals surface area contributed by atoms with Gasteiger partial charge in [-0.2, -0.15) is 0 Å². The molecule has 0 saturated heterocycles. The summed E-state index contributed by atoms with van der Waals surface area (Å²) in [4.78, 5) is 43.8. The molecule has 8 nitrogen and oxygen atoms in total. The number of hydrogen-bond donors (Lipinski definition) is 3. The number of aryl methyl sites for hydroxylation is 2. The van der Waals surface area contributed by atoms with Crippen molar-refractivity contribution in [2.75, 3.05) is 12.4 Å². The molecular weight excluding hydrogens is 473 g/mol. The quantitative estimate of drug-likeness (QED) is 0.435. The minimum atomic E-state index is -0.563. The highest BCUT2D eigenvalue weighted by Gasteiger charge is 2.24. The Hall–Kier alpha value is -3.85. The highest BCUT2D eigenvalue weighted by molar-refractivity contribution is 5.94. The number of carbonyl (C=O) groups is 2. The van der Waals surface area contributed by atoms with Gasteiger partial charge in [-0.3, -0.25) is 19.0 Å². The lowest BCUT2D eigenvalue weighted by molar-refractivity contribution is -0.122. The number of benzene rings is 2. The monoisotopic (exact) mass is 505 g/mol. The Balaban J connectivity index is 1.68. The molecule has 2 amide bonds. The average Bonchev–Trinajstić information content (AvgIpc) is 2.88. The highest BCUT2D eigenvalue weighted by atomic mass is 19.1. The van der Waals surface area contributed by atoms with Gasteiger partial charge in [-0.15, -0.1) is 0 Å². The molecular formula is C28H32FN5O3. The van der Waals surface area contributed by atoms with Crippen molar-refractivity contribution in [3.63, 3.8) is 0 Å². The molecule has 37 heavy (non-hydrogen) atoms. The van der Waals surface area contributed by atoms with Gasteiger partial charge in [-0.25, -0.2) is 9.37 Å². The number of carbonyl (C=O) groups excluding carboxylic acids is 2. The molecule has 1 unspecified atom stereocenters. The summed E-state index contributed by atoms with van der Waals surface area (Å²) in [6.45, 7) is 3.26. The molecule has 0 aliphatic heterocycles. The normalized spacial score (nSPS) is 15.5. The van der Waals surface area contributed by atoms with Gasteiger partial charge in [-0.1, -0.05) is 31.2 Å². The van der Waals surface area contributed by atoms with Gasteiger partial charge in [0.1, 0.15) is 23.9 Å². The van der Waals surface area contributed by atoms with Crippen LogP contribution in [0.5, 0.6) is 0 Å². The molecule has 1 aliphatic rings. The number of fused-ring (bicyclic) bond motifs is 1. The summed E-state index contributed by atoms with van der Waals surface area (Å²) in [5, 5.41) is 8.60. The van der Waals surface area contributed by atoms with Crippen molar-refractivity contribution in [2.45, 2.75) is 58.2 Å². The number of likely N-dealkylation sites (N-methyl/N-ethyl adjacent to an activating group) is 1. The maximum atomic E-state index is 13.8. The topological polar surface area (TPSA) is 105 Å². The van der Waals surface area contributed by atoms with Crippen molar-refractivity contribution in [3.05, 3.63) is 81.5 Å². The molecule has 194 valence electrons. The molecule has 0 fully saturated rings. The molecule has 4 rings (SSSR count). The molecule has 3 N–H and O–H groups in total. The minimum absolute atomic E-state index is 0.0296. The predicted molar refractivity (Wildman–Crippen MR) is 141 cm³/mol. The summed E-state index contributed by atoms with van der Waals surface area (Å²) in [7, 11) is 1.67. The van der Waals surface area contributed by atoms with Crippen molar-refractivity contribution in [1.82, 2.24) is 20.2 Å². The van der Waals surface area contributed by atoms with Gasteiger partial charge in [0.15, 0.2) is 0 Å². The minimum Gasteiger partial charge on any atom is -0.348 e. The number of nitrogens with zero attached hydrogens (tertiary/aromatic N) is 2. The van der Waals surface area contributed by atoms with Gasteiger partial charge >= 0.3 is 0 Å². The summed E-state index contributed by atoms with van der Waals surface area (Å²) in [5.41, 5.74) is 2.79. The van der Waals surface area contributed by atoms with Crippen LogP contribution in [-0.2, 0) is 22.6 Å². The van der Waals surface area contributed by atoms with Crippen LogP contribution in [0.4, 0.5) is 10.1 Å². The van der Waals surface area contributed by atoms with E-state index in [9.17, 15) is 18.8 Å². The van der Waals surface area contributed by atoms with Crippen molar-refractivity contribution < 1.29 is 14.0 Å². The number of hydrogen-bond acceptors (Lipinski definition) is 5. The average molecular weight is 506 g/mol. The fraction of sp³-hybridized carbons (Fsp3) is 0.357.